The first-order valence-electron chi connectivity index (χ1n) is 6.75. The smallest absolute Gasteiger partial charge is 0.221 e. The number of nitrogens with one attached hydrogen (secondary N) is 2. The zero-order valence-corrected chi connectivity index (χ0v) is 13.5. The third-order valence-electron chi connectivity index (χ3n) is 2.90. The molecule has 2 N–H and O–H groups in total. The normalized spacial score (nSPS) is 10.6. The van der Waals surface area contributed by atoms with Crippen LogP contribution in [0.5, 0.6) is 0 Å². The highest BCUT2D eigenvalue weighted by Crippen LogP contribution is 2.20. The molecule has 3 nitrogen and oxygen atoms in total. The molecule has 106 valence electrons. The molecule has 0 heterocycles. The second-order valence-corrected chi connectivity index (χ2v) is 6.03. The molecule has 0 spiro atoms. The van der Waals surface area contributed by atoms with Gasteiger partial charge in [0.2, 0.25) is 5.91 Å². The van der Waals surface area contributed by atoms with Gasteiger partial charge in [-0.15, -0.1) is 0 Å². The highest BCUT2D eigenvalue weighted by molar-refractivity contribution is 9.10. The van der Waals surface area contributed by atoms with Crippen LogP contribution in [-0.2, 0) is 4.79 Å². The molecule has 0 saturated carbocycles. The van der Waals surface area contributed by atoms with Gasteiger partial charge in [-0.3, -0.25) is 4.79 Å². The summed E-state index contributed by atoms with van der Waals surface area (Å²) in [5, 5.41) is 6.18. The number of anilines is 1. The minimum Gasteiger partial charge on any atom is -0.384 e. The number of rotatable bonds is 7. The molecule has 0 aliphatic heterocycles. The quantitative estimate of drug-likeness (QED) is 0.801. The third-order valence-corrected chi connectivity index (χ3v) is 3.75. The first-order chi connectivity index (χ1) is 8.99. The third kappa shape index (κ3) is 6.62. The average molecular weight is 327 g/mol. The predicted molar refractivity (Wildman–Crippen MR) is 84.5 cm³/mol. The first-order valence-corrected chi connectivity index (χ1v) is 7.55. The highest BCUT2D eigenvalue weighted by Gasteiger charge is 2.02. The minimum atomic E-state index is 0.110. The van der Waals surface area contributed by atoms with E-state index in [9.17, 15) is 4.79 Å². The summed E-state index contributed by atoms with van der Waals surface area (Å²) in [7, 11) is 0. The van der Waals surface area contributed by atoms with Crippen LogP contribution in [0.25, 0.3) is 0 Å². The van der Waals surface area contributed by atoms with Crippen LogP contribution in [-0.4, -0.2) is 19.0 Å². The van der Waals surface area contributed by atoms with Gasteiger partial charge in [0.1, 0.15) is 0 Å². The van der Waals surface area contributed by atoms with E-state index in [4.69, 9.17) is 0 Å². The molecule has 0 unspecified atom stereocenters. The highest BCUT2D eigenvalue weighted by atomic mass is 79.9. The molecule has 0 aliphatic carbocycles. The van der Waals surface area contributed by atoms with E-state index in [1.165, 1.54) is 5.56 Å². The summed E-state index contributed by atoms with van der Waals surface area (Å²) in [6, 6.07) is 6.11. The Morgan fingerprint density at radius 3 is 2.68 bits per heavy atom. The Morgan fingerprint density at radius 2 is 2.05 bits per heavy atom. The Kier molecular flexibility index (Phi) is 6.92. The van der Waals surface area contributed by atoms with Crippen molar-refractivity contribution in [3.05, 3.63) is 28.2 Å². The zero-order valence-electron chi connectivity index (χ0n) is 11.9. The lowest BCUT2D eigenvalue weighted by atomic mass is 10.1. The molecule has 0 saturated heterocycles. The molecular weight excluding hydrogens is 304 g/mol. The Balaban J connectivity index is 2.22. The fraction of sp³-hybridized carbons (Fsp3) is 0.533. The largest absolute Gasteiger partial charge is 0.384 e. The molecular formula is C15H23BrN2O. The van der Waals surface area contributed by atoms with Gasteiger partial charge in [0.05, 0.1) is 0 Å². The van der Waals surface area contributed by atoms with Crippen LogP contribution in [0.15, 0.2) is 22.7 Å². The fourth-order valence-electron chi connectivity index (χ4n) is 1.61. The van der Waals surface area contributed by atoms with E-state index in [1.54, 1.807) is 0 Å². The fourth-order valence-corrected chi connectivity index (χ4v) is 1.99. The number of aryl methyl sites for hydroxylation is 1. The van der Waals surface area contributed by atoms with Gasteiger partial charge in [0.25, 0.3) is 0 Å². The minimum absolute atomic E-state index is 0.110. The van der Waals surface area contributed by atoms with E-state index in [2.05, 4.69) is 53.4 Å². The number of hydrogen-bond donors (Lipinski definition) is 2. The summed E-state index contributed by atoms with van der Waals surface area (Å²) in [6.07, 6.45) is 1.54. The standard InChI is InChI=1S/C15H23BrN2O/c1-11(2)6-8-18-15(19)7-9-17-13-5-4-12(3)14(16)10-13/h4-5,10-11,17H,6-9H2,1-3H3,(H,18,19). The number of carbonyl (C=O) groups is 1. The molecule has 19 heavy (non-hydrogen) atoms. The maximum Gasteiger partial charge on any atom is 0.221 e. The molecule has 0 fully saturated rings. The van der Waals surface area contributed by atoms with Crippen molar-refractivity contribution in [2.24, 2.45) is 5.92 Å². The Labute approximate surface area is 124 Å². The second-order valence-electron chi connectivity index (χ2n) is 5.17. The van der Waals surface area contributed by atoms with E-state index in [0.717, 1.165) is 23.1 Å². The molecule has 0 atom stereocenters. The Bertz CT molecular complexity index is 419. The SMILES string of the molecule is Cc1ccc(NCCC(=O)NCCC(C)C)cc1Br. The van der Waals surface area contributed by atoms with Crippen LogP contribution < -0.4 is 10.6 Å². The van der Waals surface area contributed by atoms with Crippen molar-refractivity contribution in [3.8, 4) is 0 Å². The summed E-state index contributed by atoms with van der Waals surface area (Å²) in [5.74, 6) is 0.739. The monoisotopic (exact) mass is 326 g/mol. The van der Waals surface area contributed by atoms with Crippen LogP contribution in [0.1, 0.15) is 32.3 Å². The number of halogens is 1. The van der Waals surface area contributed by atoms with Gasteiger partial charge in [0, 0.05) is 29.7 Å². The maximum atomic E-state index is 11.6. The molecule has 1 rings (SSSR count). The van der Waals surface area contributed by atoms with E-state index in [1.807, 2.05) is 12.1 Å². The van der Waals surface area contributed by atoms with Crippen molar-refractivity contribution >= 4 is 27.5 Å². The van der Waals surface area contributed by atoms with Crippen LogP contribution in [0.3, 0.4) is 0 Å². The second kappa shape index (κ2) is 8.20. The molecule has 1 aromatic carbocycles. The Hall–Kier alpha value is -1.03. The lowest BCUT2D eigenvalue weighted by Gasteiger charge is -2.09. The maximum absolute atomic E-state index is 11.6. The van der Waals surface area contributed by atoms with Crippen molar-refractivity contribution in [2.45, 2.75) is 33.6 Å². The predicted octanol–water partition coefficient (Wildman–Crippen LogP) is 3.72. The summed E-state index contributed by atoms with van der Waals surface area (Å²) >= 11 is 3.50. The first kappa shape index (κ1) is 16.0. The van der Waals surface area contributed by atoms with Crippen LogP contribution >= 0.6 is 15.9 Å². The molecule has 1 amide bonds. The van der Waals surface area contributed by atoms with Crippen molar-refractivity contribution in [2.75, 3.05) is 18.4 Å². The number of benzene rings is 1. The number of hydrogen-bond acceptors (Lipinski definition) is 2. The van der Waals surface area contributed by atoms with E-state index < -0.39 is 0 Å². The summed E-state index contributed by atoms with van der Waals surface area (Å²) in [4.78, 5) is 11.6. The van der Waals surface area contributed by atoms with Crippen molar-refractivity contribution in [1.82, 2.24) is 5.32 Å². The topological polar surface area (TPSA) is 41.1 Å². The lowest BCUT2D eigenvalue weighted by Crippen LogP contribution is -2.27. The van der Waals surface area contributed by atoms with E-state index >= 15 is 0 Å². The van der Waals surface area contributed by atoms with Crippen LogP contribution in [0.4, 0.5) is 5.69 Å². The number of amides is 1. The zero-order chi connectivity index (χ0) is 14.3. The summed E-state index contributed by atoms with van der Waals surface area (Å²) in [5.41, 5.74) is 2.24. The summed E-state index contributed by atoms with van der Waals surface area (Å²) in [6.45, 7) is 7.79. The number of carbonyl (C=O) groups excluding carboxylic acids is 1. The van der Waals surface area contributed by atoms with E-state index in [-0.39, 0.29) is 5.91 Å². The van der Waals surface area contributed by atoms with E-state index in [0.29, 0.717) is 18.9 Å². The van der Waals surface area contributed by atoms with Gasteiger partial charge in [-0.05, 0) is 37.0 Å². The Morgan fingerprint density at radius 1 is 1.32 bits per heavy atom. The van der Waals surface area contributed by atoms with Crippen LogP contribution in [0.2, 0.25) is 0 Å². The average Bonchev–Trinajstić information content (AvgIpc) is 2.33. The molecule has 0 aliphatic rings. The summed E-state index contributed by atoms with van der Waals surface area (Å²) < 4.78 is 1.08. The van der Waals surface area contributed by atoms with Gasteiger partial charge < -0.3 is 10.6 Å². The molecule has 1 aromatic rings. The van der Waals surface area contributed by atoms with Gasteiger partial charge in [0.15, 0.2) is 0 Å². The van der Waals surface area contributed by atoms with Crippen LogP contribution in [0, 0.1) is 12.8 Å². The lowest BCUT2D eigenvalue weighted by molar-refractivity contribution is -0.120. The molecule has 4 heteroatoms. The van der Waals surface area contributed by atoms with Crippen molar-refractivity contribution in [3.63, 3.8) is 0 Å². The van der Waals surface area contributed by atoms with Gasteiger partial charge in [-0.1, -0.05) is 35.8 Å². The van der Waals surface area contributed by atoms with Gasteiger partial charge in [-0.25, -0.2) is 0 Å². The molecule has 0 aromatic heterocycles. The molecule has 0 bridgehead atoms. The molecule has 0 radical (unpaired) electrons. The van der Waals surface area contributed by atoms with Crippen molar-refractivity contribution in [1.29, 1.82) is 0 Å². The van der Waals surface area contributed by atoms with Gasteiger partial charge in [-0.2, -0.15) is 0 Å². The van der Waals surface area contributed by atoms with Crippen molar-refractivity contribution < 1.29 is 4.79 Å². The van der Waals surface area contributed by atoms with Gasteiger partial charge >= 0.3 is 0 Å².